The number of benzene rings is 1. The minimum absolute atomic E-state index is 0.364. The Kier molecular flexibility index (Phi) is 9.91. The van der Waals surface area contributed by atoms with Crippen LogP contribution >= 0.6 is 0 Å². The number of hydrogen-bond acceptors (Lipinski definition) is 3. The van der Waals surface area contributed by atoms with E-state index in [9.17, 15) is 15.3 Å². The van der Waals surface area contributed by atoms with Crippen molar-refractivity contribution in [1.29, 1.82) is 0 Å². The summed E-state index contributed by atoms with van der Waals surface area (Å²) in [4.78, 5) is 0. The van der Waals surface area contributed by atoms with E-state index in [4.69, 9.17) is 0 Å². The molecule has 0 saturated heterocycles. The lowest BCUT2D eigenvalue weighted by atomic mass is 9.75. The topological polar surface area (TPSA) is 60.7 Å². The highest BCUT2D eigenvalue weighted by Crippen LogP contribution is 2.36. The molecular weight excluding hydrogens is 420 g/mol. The lowest BCUT2D eigenvalue weighted by Gasteiger charge is -2.31. The van der Waals surface area contributed by atoms with Crippen LogP contribution in [-0.2, 0) is 19.3 Å². The molecular formula is C31H50O3. The zero-order chi connectivity index (χ0) is 23.9. The van der Waals surface area contributed by atoms with E-state index < -0.39 is 0 Å². The fourth-order valence-electron chi connectivity index (χ4n) is 7.26. The van der Waals surface area contributed by atoms with Crippen LogP contribution in [0.25, 0.3) is 0 Å². The van der Waals surface area contributed by atoms with Gasteiger partial charge in [0.05, 0.1) is 0 Å². The average Bonchev–Trinajstić information content (AvgIpc) is 2.88. The minimum Gasteiger partial charge on any atom is -0.396 e. The molecule has 34 heavy (non-hydrogen) atoms. The van der Waals surface area contributed by atoms with Crippen molar-refractivity contribution >= 4 is 0 Å². The molecule has 3 N–H and O–H groups in total. The van der Waals surface area contributed by atoms with Crippen molar-refractivity contribution in [3.63, 3.8) is 0 Å². The summed E-state index contributed by atoms with van der Waals surface area (Å²) in [5.41, 5.74) is 6.28. The van der Waals surface area contributed by atoms with Crippen molar-refractivity contribution in [3.05, 3.63) is 34.4 Å². The van der Waals surface area contributed by atoms with Crippen molar-refractivity contribution in [2.24, 2.45) is 35.5 Å². The van der Waals surface area contributed by atoms with Crippen molar-refractivity contribution < 1.29 is 15.3 Å². The molecule has 0 aliphatic heterocycles. The third-order valence-electron chi connectivity index (χ3n) is 9.90. The van der Waals surface area contributed by atoms with E-state index in [0.29, 0.717) is 37.6 Å². The molecule has 0 radical (unpaired) electrons. The molecule has 1 aromatic carbocycles. The van der Waals surface area contributed by atoms with Gasteiger partial charge in [0.25, 0.3) is 0 Å². The van der Waals surface area contributed by atoms with Crippen LogP contribution in [0.2, 0.25) is 0 Å². The molecule has 0 atom stereocenters. The first-order chi connectivity index (χ1) is 16.6. The van der Waals surface area contributed by atoms with Crippen LogP contribution in [0.3, 0.4) is 0 Å². The van der Waals surface area contributed by atoms with E-state index in [-0.39, 0.29) is 0 Å². The molecule has 0 amide bonds. The molecule has 1 aromatic rings. The van der Waals surface area contributed by atoms with Gasteiger partial charge in [-0.25, -0.2) is 0 Å². The summed E-state index contributed by atoms with van der Waals surface area (Å²) >= 11 is 0. The fraction of sp³-hybridized carbons (Fsp3) is 0.806. The standard InChI is InChI=1S/C31H50O3/c1-22-30(15-24-4-10-27(20-33)11-5-24)17-29(14-23-2-8-26(19-32)9-3-23)18-31(22)16-25-6-12-28(21-34)13-7-25/h17-18,23-28,32-34H,2-16,19-21H2,1H3. The van der Waals surface area contributed by atoms with Gasteiger partial charge in [0.2, 0.25) is 0 Å². The highest BCUT2D eigenvalue weighted by Gasteiger charge is 2.26. The molecule has 0 spiro atoms. The molecule has 192 valence electrons. The maximum Gasteiger partial charge on any atom is 0.0459 e. The van der Waals surface area contributed by atoms with Crippen LogP contribution in [0.15, 0.2) is 12.1 Å². The summed E-state index contributed by atoms with van der Waals surface area (Å²) < 4.78 is 0. The summed E-state index contributed by atoms with van der Waals surface area (Å²) in [5, 5.41) is 28.6. The molecule has 3 saturated carbocycles. The van der Waals surface area contributed by atoms with Crippen LogP contribution in [0, 0.1) is 42.4 Å². The SMILES string of the molecule is Cc1c(CC2CCC(CO)CC2)cc(CC2CCC(CO)CC2)cc1CC1CCC(CO)CC1. The zero-order valence-corrected chi connectivity index (χ0v) is 21.7. The van der Waals surface area contributed by atoms with E-state index in [1.54, 1.807) is 22.3 Å². The summed E-state index contributed by atoms with van der Waals surface area (Å²) in [6.07, 6.45) is 18.3. The molecule has 3 heteroatoms. The van der Waals surface area contributed by atoms with Gasteiger partial charge < -0.3 is 15.3 Å². The molecule has 3 aliphatic carbocycles. The maximum absolute atomic E-state index is 9.53. The summed E-state index contributed by atoms with van der Waals surface area (Å²) in [6.45, 7) is 3.47. The molecule has 0 unspecified atom stereocenters. The lowest BCUT2D eigenvalue weighted by Crippen LogP contribution is -2.21. The van der Waals surface area contributed by atoms with E-state index in [1.165, 1.54) is 96.3 Å². The predicted octanol–water partition coefficient (Wildman–Crippen LogP) is 6.02. The summed E-state index contributed by atoms with van der Waals surface area (Å²) in [7, 11) is 0. The normalized spacial score (nSPS) is 32.6. The maximum atomic E-state index is 9.53. The Hall–Kier alpha value is -0.900. The third kappa shape index (κ3) is 7.08. The van der Waals surface area contributed by atoms with Gasteiger partial charge in [-0.1, -0.05) is 12.1 Å². The van der Waals surface area contributed by atoms with Gasteiger partial charge >= 0.3 is 0 Å². The van der Waals surface area contributed by atoms with Crippen LogP contribution < -0.4 is 0 Å². The lowest BCUT2D eigenvalue weighted by molar-refractivity contribution is 0.166. The number of hydrogen-bond donors (Lipinski definition) is 3. The Balaban J connectivity index is 1.47. The van der Waals surface area contributed by atoms with Crippen molar-refractivity contribution in [1.82, 2.24) is 0 Å². The first kappa shape index (κ1) is 26.2. The highest BCUT2D eigenvalue weighted by molar-refractivity contribution is 5.39. The van der Waals surface area contributed by atoms with Gasteiger partial charge in [-0.2, -0.15) is 0 Å². The van der Waals surface area contributed by atoms with E-state index in [0.717, 1.165) is 17.8 Å². The van der Waals surface area contributed by atoms with Crippen LogP contribution in [0.5, 0.6) is 0 Å². The largest absolute Gasteiger partial charge is 0.396 e. The second-order valence-electron chi connectivity index (χ2n) is 12.4. The van der Waals surface area contributed by atoms with Crippen molar-refractivity contribution in [2.75, 3.05) is 19.8 Å². The van der Waals surface area contributed by atoms with Crippen molar-refractivity contribution in [3.8, 4) is 0 Å². The molecule has 0 bridgehead atoms. The Morgan fingerprint density at radius 2 is 0.794 bits per heavy atom. The molecule has 3 aliphatic rings. The summed E-state index contributed by atoms with van der Waals surface area (Å²) in [5.74, 6) is 3.90. The van der Waals surface area contributed by atoms with Crippen LogP contribution in [0.4, 0.5) is 0 Å². The van der Waals surface area contributed by atoms with Gasteiger partial charge in [0.15, 0.2) is 0 Å². The van der Waals surface area contributed by atoms with Gasteiger partial charge in [-0.05, 0) is 161 Å². The van der Waals surface area contributed by atoms with Gasteiger partial charge in [0, 0.05) is 19.8 Å². The summed E-state index contributed by atoms with van der Waals surface area (Å²) in [6, 6.07) is 5.11. The highest BCUT2D eigenvalue weighted by atomic mass is 16.3. The monoisotopic (exact) mass is 470 g/mol. The van der Waals surface area contributed by atoms with Gasteiger partial charge in [-0.3, -0.25) is 0 Å². The second kappa shape index (κ2) is 12.9. The fourth-order valence-corrected chi connectivity index (χ4v) is 7.26. The smallest absolute Gasteiger partial charge is 0.0459 e. The average molecular weight is 471 g/mol. The third-order valence-corrected chi connectivity index (χ3v) is 9.90. The molecule has 3 nitrogen and oxygen atoms in total. The Morgan fingerprint density at radius 3 is 1.12 bits per heavy atom. The van der Waals surface area contributed by atoms with E-state index in [2.05, 4.69) is 19.1 Å². The molecule has 4 rings (SSSR count). The first-order valence-electron chi connectivity index (χ1n) is 14.5. The van der Waals surface area contributed by atoms with Crippen LogP contribution in [-0.4, -0.2) is 35.1 Å². The molecule has 0 aromatic heterocycles. The second-order valence-corrected chi connectivity index (χ2v) is 12.4. The quantitative estimate of drug-likeness (QED) is 0.414. The van der Waals surface area contributed by atoms with Crippen LogP contribution in [0.1, 0.15) is 99.3 Å². The number of rotatable bonds is 9. The molecule has 3 fully saturated rings. The zero-order valence-electron chi connectivity index (χ0n) is 21.7. The number of aliphatic hydroxyl groups is 3. The van der Waals surface area contributed by atoms with E-state index in [1.807, 2.05) is 0 Å². The van der Waals surface area contributed by atoms with E-state index >= 15 is 0 Å². The molecule has 0 heterocycles. The van der Waals surface area contributed by atoms with Gasteiger partial charge in [0.1, 0.15) is 0 Å². The number of aliphatic hydroxyl groups excluding tert-OH is 3. The minimum atomic E-state index is 0.364. The Bertz CT molecular complexity index is 688. The predicted molar refractivity (Wildman–Crippen MR) is 140 cm³/mol. The first-order valence-corrected chi connectivity index (χ1v) is 14.5. The van der Waals surface area contributed by atoms with Crippen molar-refractivity contribution in [2.45, 2.75) is 103 Å². The van der Waals surface area contributed by atoms with Gasteiger partial charge in [-0.15, -0.1) is 0 Å². The Labute approximate surface area is 208 Å². The Morgan fingerprint density at radius 1 is 0.500 bits per heavy atom.